The van der Waals surface area contributed by atoms with E-state index in [2.05, 4.69) is 75.4 Å². The van der Waals surface area contributed by atoms with Gasteiger partial charge in [-0.05, 0) is 51.4 Å². The molecule has 1 aromatic heterocycles. The summed E-state index contributed by atoms with van der Waals surface area (Å²) in [4.78, 5) is 15.1. The molecule has 29 heavy (non-hydrogen) atoms. The first-order chi connectivity index (χ1) is 14.0. The van der Waals surface area contributed by atoms with E-state index in [0.717, 1.165) is 68.9 Å². The Labute approximate surface area is 179 Å². The van der Waals surface area contributed by atoms with Crippen molar-refractivity contribution in [2.24, 2.45) is 4.99 Å². The smallest absolute Gasteiger partial charge is 0.191 e. The SMILES string of the molecule is CN=C(NCCCN1CCN(c2cccc(C)c2)CC1)NCc1sc(C)nc1C. The van der Waals surface area contributed by atoms with Crippen LogP contribution in [0.5, 0.6) is 0 Å². The number of hydrogen-bond donors (Lipinski definition) is 2. The third-order valence-corrected chi connectivity index (χ3v) is 6.40. The van der Waals surface area contributed by atoms with Crippen LogP contribution in [0.1, 0.15) is 27.6 Å². The molecule has 158 valence electrons. The number of rotatable bonds is 7. The molecule has 0 saturated carbocycles. The van der Waals surface area contributed by atoms with Crippen LogP contribution in [0.3, 0.4) is 0 Å². The summed E-state index contributed by atoms with van der Waals surface area (Å²) in [5, 5.41) is 7.94. The molecule has 1 aliphatic heterocycles. The summed E-state index contributed by atoms with van der Waals surface area (Å²) in [5.74, 6) is 0.861. The molecule has 1 aromatic carbocycles. The van der Waals surface area contributed by atoms with E-state index in [1.807, 2.05) is 7.05 Å². The van der Waals surface area contributed by atoms with Gasteiger partial charge in [-0.25, -0.2) is 4.98 Å². The molecular formula is C22H34N6S. The first kappa shape index (κ1) is 21.6. The van der Waals surface area contributed by atoms with Crippen molar-refractivity contribution >= 4 is 23.0 Å². The number of nitrogens with one attached hydrogen (secondary N) is 2. The van der Waals surface area contributed by atoms with Gasteiger partial charge < -0.3 is 15.5 Å². The summed E-state index contributed by atoms with van der Waals surface area (Å²) >= 11 is 1.75. The number of aromatic nitrogens is 1. The minimum Gasteiger partial charge on any atom is -0.369 e. The van der Waals surface area contributed by atoms with Gasteiger partial charge in [0.2, 0.25) is 0 Å². The third kappa shape index (κ3) is 6.44. The zero-order valence-electron chi connectivity index (χ0n) is 18.2. The molecule has 0 unspecified atom stereocenters. The molecule has 1 saturated heterocycles. The molecule has 0 bridgehead atoms. The Bertz CT molecular complexity index is 807. The number of piperazine rings is 1. The molecule has 0 atom stereocenters. The van der Waals surface area contributed by atoms with Crippen molar-refractivity contribution in [2.75, 3.05) is 51.2 Å². The van der Waals surface area contributed by atoms with E-state index in [1.165, 1.54) is 16.1 Å². The van der Waals surface area contributed by atoms with Crippen molar-refractivity contribution in [3.8, 4) is 0 Å². The Morgan fingerprint density at radius 1 is 1.14 bits per heavy atom. The van der Waals surface area contributed by atoms with Gasteiger partial charge in [-0.1, -0.05) is 12.1 Å². The zero-order valence-corrected chi connectivity index (χ0v) is 19.0. The number of thiazole rings is 1. The molecule has 1 aliphatic rings. The summed E-state index contributed by atoms with van der Waals surface area (Å²) in [6.45, 7) is 13.6. The van der Waals surface area contributed by atoms with Gasteiger partial charge in [-0.3, -0.25) is 9.89 Å². The Morgan fingerprint density at radius 2 is 1.93 bits per heavy atom. The van der Waals surface area contributed by atoms with E-state index in [-0.39, 0.29) is 0 Å². The van der Waals surface area contributed by atoms with E-state index >= 15 is 0 Å². The molecular weight excluding hydrogens is 380 g/mol. The minimum absolute atomic E-state index is 0.776. The van der Waals surface area contributed by atoms with Crippen molar-refractivity contribution in [3.05, 3.63) is 45.4 Å². The summed E-state index contributed by atoms with van der Waals surface area (Å²) in [6.07, 6.45) is 1.11. The lowest BCUT2D eigenvalue weighted by Crippen LogP contribution is -2.47. The maximum Gasteiger partial charge on any atom is 0.191 e. The van der Waals surface area contributed by atoms with E-state index in [4.69, 9.17) is 0 Å². The van der Waals surface area contributed by atoms with Crippen molar-refractivity contribution in [1.82, 2.24) is 20.5 Å². The molecule has 0 spiro atoms. The average Bonchev–Trinajstić information content (AvgIpc) is 3.05. The van der Waals surface area contributed by atoms with Gasteiger partial charge in [0.25, 0.3) is 0 Å². The number of benzene rings is 1. The predicted octanol–water partition coefficient (Wildman–Crippen LogP) is 2.95. The molecule has 2 N–H and O–H groups in total. The van der Waals surface area contributed by atoms with Crippen molar-refractivity contribution in [1.29, 1.82) is 0 Å². The van der Waals surface area contributed by atoms with Crippen LogP contribution in [-0.2, 0) is 6.54 Å². The predicted molar refractivity (Wildman–Crippen MR) is 124 cm³/mol. The van der Waals surface area contributed by atoms with Crippen LogP contribution in [0, 0.1) is 20.8 Å². The Morgan fingerprint density at radius 3 is 2.59 bits per heavy atom. The van der Waals surface area contributed by atoms with Crippen molar-refractivity contribution < 1.29 is 0 Å². The molecule has 3 rings (SSSR count). The van der Waals surface area contributed by atoms with Gasteiger partial charge in [-0.15, -0.1) is 11.3 Å². The zero-order chi connectivity index (χ0) is 20.6. The average molecular weight is 415 g/mol. The molecule has 1 fully saturated rings. The highest BCUT2D eigenvalue weighted by Gasteiger charge is 2.16. The number of nitrogens with zero attached hydrogens (tertiary/aromatic N) is 4. The lowest BCUT2D eigenvalue weighted by atomic mass is 10.2. The highest BCUT2D eigenvalue weighted by atomic mass is 32.1. The second-order valence-corrected chi connectivity index (χ2v) is 8.90. The molecule has 2 aromatic rings. The van der Waals surface area contributed by atoms with Crippen LogP contribution in [-0.4, -0.2) is 62.2 Å². The van der Waals surface area contributed by atoms with Gasteiger partial charge in [0.05, 0.1) is 17.2 Å². The van der Waals surface area contributed by atoms with Gasteiger partial charge in [0.15, 0.2) is 5.96 Å². The number of anilines is 1. The Hall–Kier alpha value is -2.12. The van der Waals surface area contributed by atoms with Crippen LogP contribution >= 0.6 is 11.3 Å². The van der Waals surface area contributed by atoms with Crippen LogP contribution in [0.15, 0.2) is 29.3 Å². The fraction of sp³-hybridized carbons (Fsp3) is 0.545. The highest BCUT2D eigenvalue weighted by Crippen LogP contribution is 2.18. The first-order valence-corrected chi connectivity index (χ1v) is 11.3. The number of guanidine groups is 1. The normalized spacial score (nSPS) is 15.6. The number of hydrogen-bond acceptors (Lipinski definition) is 5. The lowest BCUT2D eigenvalue weighted by Gasteiger charge is -2.36. The van der Waals surface area contributed by atoms with Crippen LogP contribution < -0.4 is 15.5 Å². The van der Waals surface area contributed by atoms with E-state index in [1.54, 1.807) is 11.3 Å². The molecule has 7 heteroatoms. The minimum atomic E-state index is 0.776. The Kier molecular flexibility index (Phi) is 7.89. The van der Waals surface area contributed by atoms with E-state index < -0.39 is 0 Å². The lowest BCUT2D eigenvalue weighted by molar-refractivity contribution is 0.255. The fourth-order valence-electron chi connectivity index (χ4n) is 3.69. The van der Waals surface area contributed by atoms with Crippen LogP contribution in [0.2, 0.25) is 0 Å². The first-order valence-electron chi connectivity index (χ1n) is 10.5. The summed E-state index contributed by atoms with van der Waals surface area (Å²) in [5.41, 5.74) is 3.80. The Balaban J connectivity index is 1.32. The largest absolute Gasteiger partial charge is 0.369 e. The molecule has 0 radical (unpaired) electrons. The fourth-order valence-corrected chi connectivity index (χ4v) is 4.56. The summed E-state index contributed by atoms with van der Waals surface area (Å²) < 4.78 is 0. The quantitative estimate of drug-likeness (QED) is 0.414. The van der Waals surface area contributed by atoms with Gasteiger partial charge in [-0.2, -0.15) is 0 Å². The maximum atomic E-state index is 4.48. The number of aryl methyl sites for hydroxylation is 3. The van der Waals surface area contributed by atoms with E-state index in [0.29, 0.717) is 0 Å². The second kappa shape index (κ2) is 10.6. The monoisotopic (exact) mass is 414 g/mol. The molecule has 0 amide bonds. The van der Waals surface area contributed by atoms with Crippen molar-refractivity contribution in [2.45, 2.75) is 33.7 Å². The molecule has 0 aliphatic carbocycles. The standard InChI is InChI=1S/C22H34N6S/c1-17-7-5-8-20(15-17)28-13-11-27(12-14-28)10-6-9-24-22(23-4)25-16-21-18(2)26-19(3)29-21/h5,7-8,15H,6,9-14,16H2,1-4H3,(H2,23,24,25). The summed E-state index contributed by atoms with van der Waals surface area (Å²) in [6, 6.07) is 8.82. The highest BCUT2D eigenvalue weighted by molar-refractivity contribution is 7.11. The van der Waals surface area contributed by atoms with Crippen LogP contribution in [0.25, 0.3) is 0 Å². The van der Waals surface area contributed by atoms with Crippen LogP contribution in [0.4, 0.5) is 5.69 Å². The second-order valence-electron chi connectivity index (χ2n) is 7.62. The third-order valence-electron chi connectivity index (χ3n) is 5.32. The van der Waals surface area contributed by atoms with Crippen molar-refractivity contribution in [3.63, 3.8) is 0 Å². The summed E-state index contributed by atoms with van der Waals surface area (Å²) in [7, 11) is 1.82. The maximum absolute atomic E-state index is 4.48. The van der Waals surface area contributed by atoms with Gasteiger partial charge >= 0.3 is 0 Å². The van der Waals surface area contributed by atoms with Gasteiger partial charge in [0, 0.05) is 50.3 Å². The topological polar surface area (TPSA) is 55.8 Å². The molecule has 2 heterocycles. The number of aliphatic imine (C=N–C) groups is 1. The van der Waals surface area contributed by atoms with E-state index in [9.17, 15) is 0 Å². The molecule has 6 nitrogen and oxygen atoms in total. The van der Waals surface area contributed by atoms with Gasteiger partial charge in [0.1, 0.15) is 0 Å².